The molecule has 1 unspecified atom stereocenters. The average molecular weight is 521 g/mol. The van der Waals surface area contributed by atoms with Gasteiger partial charge in [-0.15, -0.1) is 5.06 Å². The molecule has 0 saturated carbocycles. The van der Waals surface area contributed by atoms with Gasteiger partial charge in [0.1, 0.15) is 5.54 Å². The number of amides is 2. The van der Waals surface area contributed by atoms with Crippen LogP contribution in [0.2, 0.25) is 10.0 Å². The number of anilines is 1. The van der Waals surface area contributed by atoms with Gasteiger partial charge in [0.05, 0.1) is 26.3 Å². The van der Waals surface area contributed by atoms with Crippen molar-refractivity contribution in [3.05, 3.63) is 63.6 Å². The van der Waals surface area contributed by atoms with Crippen molar-refractivity contribution in [3.8, 4) is 0 Å². The molecule has 1 saturated heterocycles. The highest BCUT2D eigenvalue weighted by Gasteiger charge is 2.52. The molecule has 10 heteroatoms. The normalized spacial score (nSPS) is 20.1. The predicted molar refractivity (Wildman–Crippen MR) is 136 cm³/mol. The minimum Gasteiger partial charge on any atom is -0.379 e. The van der Waals surface area contributed by atoms with Gasteiger partial charge in [-0.3, -0.25) is 9.69 Å². The van der Waals surface area contributed by atoms with Gasteiger partial charge >= 0.3 is 6.09 Å². The Kier molecular flexibility index (Phi) is 8.19. The molecule has 0 spiro atoms. The van der Waals surface area contributed by atoms with Gasteiger partial charge in [0, 0.05) is 46.8 Å². The molecule has 0 radical (unpaired) electrons. The van der Waals surface area contributed by atoms with Crippen LogP contribution < -0.4 is 10.6 Å². The molecule has 2 heterocycles. The molecular weight excluding hydrogens is 491 g/mol. The lowest BCUT2D eigenvalue weighted by molar-refractivity contribution is -0.146. The van der Waals surface area contributed by atoms with E-state index in [1.807, 2.05) is 44.2 Å². The van der Waals surface area contributed by atoms with Crippen molar-refractivity contribution < 1.29 is 19.2 Å². The van der Waals surface area contributed by atoms with Crippen LogP contribution in [0.5, 0.6) is 0 Å². The number of ether oxygens (including phenoxy) is 1. The minimum atomic E-state index is -1.01. The summed E-state index contributed by atoms with van der Waals surface area (Å²) in [7, 11) is 0. The summed E-state index contributed by atoms with van der Waals surface area (Å²) in [6, 6.07) is 13.0. The summed E-state index contributed by atoms with van der Waals surface area (Å²) >= 11 is 12.5. The molecule has 2 N–H and O–H groups in total. The summed E-state index contributed by atoms with van der Waals surface area (Å²) in [5, 5.41) is 8.58. The lowest BCUT2D eigenvalue weighted by Gasteiger charge is -2.42. The summed E-state index contributed by atoms with van der Waals surface area (Å²) in [5.41, 5.74) is 1.46. The molecule has 0 aliphatic carbocycles. The molecule has 0 bridgehead atoms. The second kappa shape index (κ2) is 11.1. The minimum absolute atomic E-state index is 0.0152. The summed E-state index contributed by atoms with van der Waals surface area (Å²) in [6.07, 6.45) is -0.118. The van der Waals surface area contributed by atoms with E-state index in [4.69, 9.17) is 32.8 Å². The van der Waals surface area contributed by atoms with Crippen molar-refractivity contribution in [3.63, 3.8) is 0 Å². The van der Waals surface area contributed by atoms with Crippen LogP contribution >= 0.6 is 23.2 Å². The fourth-order valence-electron chi connectivity index (χ4n) is 4.79. The first-order valence-electron chi connectivity index (χ1n) is 11.7. The van der Waals surface area contributed by atoms with Crippen LogP contribution in [0.25, 0.3) is 0 Å². The third kappa shape index (κ3) is 5.73. The molecule has 35 heavy (non-hydrogen) atoms. The van der Waals surface area contributed by atoms with Gasteiger partial charge in [0.25, 0.3) is 0 Å². The smallest absolute Gasteiger partial charge is 0.379 e. The van der Waals surface area contributed by atoms with Crippen LogP contribution in [-0.4, -0.2) is 67.4 Å². The van der Waals surface area contributed by atoms with Crippen LogP contribution in [0, 0.1) is 0 Å². The molecule has 2 amide bonds. The van der Waals surface area contributed by atoms with E-state index in [1.54, 1.807) is 17.2 Å². The number of benzene rings is 2. The summed E-state index contributed by atoms with van der Waals surface area (Å²) < 4.78 is 5.28. The fraction of sp³-hybridized carbons (Fsp3) is 0.440. The van der Waals surface area contributed by atoms with Crippen molar-refractivity contribution >= 4 is 40.9 Å². The van der Waals surface area contributed by atoms with Gasteiger partial charge in [0.2, 0.25) is 5.91 Å². The number of halogens is 2. The maximum absolute atomic E-state index is 13.7. The number of carbonyl (C=O) groups is 2. The molecule has 188 valence electrons. The molecule has 8 nitrogen and oxygen atoms in total. The molecule has 2 aliphatic rings. The van der Waals surface area contributed by atoms with Crippen LogP contribution in [0.1, 0.15) is 25.0 Å². The Bertz CT molecular complexity index is 1080. The van der Waals surface area contributed by atoms with Crippen LogP contribution in [-0.2, 0) is 26.3 Å². The maximum Gasteiger partial charge on any atom is 0.426 e. The molecule has 2 aromatic carbocycles. The predicted octanol–water partition coefficient (Wildman–Crippen LogP) is 4.07. The number of morpholine rings is 1. The number of carbonyl (C=O) groups excluding carboxylic acids is 2. The Morgan fingerprint density at radius 2 is 1.94 bits per heavy atom. The molecule has 1 fully saturated rings. The van der Waals surface area contributed by atoms with Gasteiger partial charge in [-0.2, -0.15) is 0 Å². The highest BCUT2D eigenvalue weighted by molar-refractivity contribution is 6.31. The lowest BCUT2D eigenvalue weighted by Crippen LogP contribution is -2.57. The summed E-state index contributed by atoms with van der Waals surface area (Å²) in [5.74, 6) is -0.140. The zero-order chi connectivity index (χ0) is 25.0. The number of hydrogen-bond acceptors (Lipinski definition) is 6. The van der Waals surface area contributed by atoms with Crippen LogP contribution in [0.15, 0.2) is 42.5 Å². The van der Waals surface area contributed by atoms with E-state index in [2.05, 4.69) is 15.5 Å². The van der Waals surface area contributed by atoms with Gasteiger partial charge < -0.3 is 20.2 Å². The number of nitrogens with one attached hydrogen (secondary N) is 2. The molecule has 0 aromatic heterocycles. The first-order chi connectivity index (χ1) is 16.8. The summed E-state index contributed by atoms with van der Waals surface area (Å²) in [4.78, 5) is 33.5. The van der Waals surface area contributed by atoms with Crippen molar-refractivity contribution in [1.82, 2.24) is 15.3 Å². The monoisotopic (exact) mass is 520 g/mol. The van der Waals surface area contributed by atoms with Crippen molar-refractivity contribution in [2.24, 2.45) is 0 Å². The maximum atomic E-state index is 13.7. The van der Waals surface area contributed by atoms with Crippen LogP contribution in [0.3, 0.4) is 0 Å². The standard InChI is InChI=1S/C25H30Cl2N4O4/c1-17(2)31(9-8-28-24(33)35-30-10-12-34-13-11-30)25(16-18-4-3-5-19(26)14-18)21-7-6-20(27)15-22(21)29-23(25)32/h3-7,14-15,17H,8-13,16H2,1-2H3,(H,28,33)(H,29,32). The Hall–Kier alpha value is -2.36. The fourth-order valence-corrected chi connectivity index (χ4v) is 5.17. The van der Waals surface area contributed by atoms with Crippen LogP contribution in [0.4, 0.5) is 10.5 Å². The zero-order valence-corrected chi connectivity index (χ0v) is 21.4. The topological polar surface area (TPSA) is 83.1 Å². The first-order valence-corrected chi connectivity index (χ1v) is 12.5. The molecule has 1 atom stereocenters. The second-order valence-electron chi connectivity index (χ2n) is 8.95. The highest BCUT2D eigenvalue weighted by Crippen LogP contribution is 2.45. The highest BCUT2D eigenvalue weighted by atomic mass is 35.5. The van der Waals surface area contributed by atoms with Crippen molar-refractivity contribution in [1.29, 1.82) is 0 Å². The largest absolute Gasteiger partial charge is 0.426 e. The number of hydroxylamine groups is 2. The van der Waals surface area contributed by atoms with E-state index in [0.29, 0.717) is 61.5 Å². The van der Waals surface area contributed by atoms with Gasteiger partial charge in [-0.1, -0.05) is 41.4 Å². The van der Waals surface area contributed by atoms with Gasteiger partial charge in [0.15, 0.2) is 0 Å². The van der Waals surface area contributed by atoms with E-state index < -0.39 is 11.6 Å². The second-order valence-corrected chi connectivity index (χ2v) is 9.82. The van der Waals surface area contributed by atoms with E-state index in [1.165, 1.54) is 0 Å². The molecule has 2 aliphatic heterocycles. The Balaban J connectivity index is 1.58. The third-order valence-corrected chi connectivity index (χ3v) is 6.79. The van der Waals surface area contributed by atoms with Crippen molar-refractivity contribution in [2.45, 2.75) is 31.8 Å². The third-order valence-electron chi connectivity index (χ3n) is 6.32. The van der Waals surface area contributed by atoms with E-state index in [0.717, 1.165) is 11.1 Å². The van der Waals surface area contributed by atoms with Crippen molar-refractivity contribution in [2.75, 3.05) is 44.7 Å². The molecular formula is C25H30Cl2N4O4. The van der Waals surface area contributed by atoms with E-state index in [9.17, 15) is 9.59 Å². The number of fused-ring (bicyclic) bond motifs is 1. The quantitative estimate of drug-likeness (QED) is 0.545. The average Bonchev–Trinajstić information content (AvgIpc) is 3.07. The van der Waals surface area contributed by atoms with E-state index >= 15 is 0 Å². The van der Waals surface area contributed by atoms with Gasteiger partial charge in [-0.05, 0) is 43.7 Å². The Morgan fingerprint density at radius 3 is 2.66 bits per heavy atom. The number of hydrogen-bond donors (Lipinski definition) is 2. The number of nitrogens with zero attached hydrogens (tertiary/aromatic N) is 2. The SMILES string of the molecule is CC(C)N(CCNC(=O)ON1CCOCC1)C1(Cc2cccc(Cl)c2)C(=O)Nc2cc(Cl)ccc21. The number of rotatable bonds is 8. The zero-order valence-electron chi connectivity index (χ0n) is 19.9. The first kappa shape index (κ1) is 25.7. The molecule has 2 aromatic rings. The summed E-state index contributed by atoms with van der Waals surface area (Å²) in [6.45, 7) is 6.92. The Labute approximate surface area is 215 Å². The molecule has 4 rings (SSSR count). The Morgan fingerprint density at radius 1 is 1.20 bits per heavy atom. The van der Waals surface area contributed by atoms with Gasteiger partial charge in [-0.25, -0.2) is 4.79 Å². The lowest BCUT2D eigenvalue weighted by atomic mass is 9.82. The van der Waals surface area contributed by atoms with E-state index in [-0.39, 0.29) is 11.9 Å².